The van der Waals surface area contributed by atoms with Crippen LogP contribution in [0.5, 0.6) is 0 Å². The smallest absolute Gasteiger partial charge is 0.0551 e. The molecule has 2 rings (SSSR count). The summed E-state index contributed by atoms with van der Waals surface area (Å²) in [6.45, 7) is 2.24. The number of hydrogen-bond acceptors (Lipinski definition) is 2. The monoisotopic (exact) mass is 160 g/mol. The van der Waals surface area contributed by atoms with Gasteiger partial charge in [0.05, 0.1) is 11.5 Å². The maximum atomic E-state index is 6.00. The number of halogens is 1. The van der Waals surface area contributed by atoms with Crippen LogP contribution in [0.15, 0.2) is 0 Å². The van der Waals surface area contributed by atoms with Crippen LogP contribution in [0.3, 0.4) is 0 Å². The van der Waals surface area contributed by atoms with Gasteiger partial charge in [0, 0.05) is 6.04 Å². The quantitative estimate of drug-likeness (QED) is 0.507. The fraction of sp³-hybridized carbons (Fsp3) is 1.00. The van der Waals surface area contributed by atoms with Crippen molar-refractivity contribution in [2.45, 2.75) is 30.9 Å². The van der Waals surface area contributed by atoms with Gasteiger partial charge in [0.2, 0.25) is 0 Å². The Labute approximate surface area is 66.1 Å². The summed E-state index contributed by atoms with van der Waals surface area (Å²) in [5.41, 5.74) is 5.73. The molecule has 0 spiro atoms. The number of fused-ring (bicyclic) bond motifs is 1. The number of alkyl halides is 1. The van der Waals surface area contributed by atoms with Crippen LogP contribution < -0.4 is 11.1 Å². The highest BCUT2D eigenvalue weighted by molar-refractivity contribution is 6.23. The van der Waals surface area contributed by atoms with Crippen molar-refractivity contribution >= 4 is 11.6 Å². The number of hydrogen-bond donors (Lipinski definition) is 2. The summed E-state index contributed by atoms with van der Waals surface area (Å²) in [6.07, 6.45) is 1.25. The molecule has 2 aliphatic rings. The molecule has 0 bridgehead atoms. The lowest BCUT2D eigenvalue weighted by atomic mass is 9.97. The molecule has 0 aromatic carbocycles. The predicted molar refractivity (Wildman–Crippen MR) is 41.8 cm³/mol. The van der Waals surface area contributed by atoms with E-state index in [1.807, 2.05) is 0 Å². The molecular formula is C7H13ClN2. The van der Waals surface area contributed by atoms with Gasteiger partial charge in [0.15, 0.2) is 0 Å². The van der Waals surface area contributed by atoms with E-state index in [0.717, 1.165) is 6.42 Å². The summed E-state index contributed by atoms with van der Waals surface area (Å²) in [4.78, 5) is 0. The van der Waals surface area contributed by atoms with Crippen LogP contribution in [0.2, 0.25) is 0 Å². The Morgan fingerprint density at radius 2 is 2.30 bits per heavy atom. The van der Waals surface area contributed by atoms with Crippen molar-refractivity contribution in [1.82, 2.24) is 5.32 Å². The molecule has 3 heteroatoms. The van der Waals surface area contributed by atoms with Crippen LogP contribution in [-0.4, -0.2) is 17.6 Å². The molecule has 0 aromatic rings. The van der Waals surface area contributed by atoms with Crippen LogP contribution in [-0.2, 0) is 0 Å². The molecule has 1 aliphatic carbocycles. The zero-order valence-electron chi connectivity index (χ0n) is 6.05. The molecule has 58 valence electrons. The second kappa shape index (κ2) is 2.10. The van der Waals surface area contributed by atoms with Crippen LogP contribution in [0.4, 0.5) is 0 Å². The van der Waals surface area contributed by atoms with Crippen molar-refractivity contribution in [1.29, 1.82) is 0 Å². The van der Waals surface area contributed by atoms with Gasteiger partial charge in [-0.2, -0.15) is 0 Å². The van der Waals surface area contributed by atoms with E-state index >= 15 is 0 Å². The molecule has 0 radical (unpaired) electrons. The Morgan fingerprint density at radius 1 is 1.60 bits per heavy atom. The fourth-order valence-corrected chi connectivity index (χ4v) is 2.60. The van der Waals surface area contributed by atoms with Gasteiger partial charge in [-0.1, -0.05) is 6.92 Å². The SMILES string of the molecule is C[C@H]1CC(N)N[C@@H]2[C@H](Cl)[C@@H]21. The van der Waals surface area contributed by atoms with Gasteiger partial charge in [-0.25, -0.2) is 0 Å². The number of piperidine rings is 1. The summed E-state index contributed by atoms with van der Waals surface area (Å²) in [5, 5.41) is 3.63. The van der Waals surface area contributed by atoms with Gasteiger partial charge in [-0.15, -0.1) is 11.6 Å². The number of rotatable bonds is 0. The van der Waals surface area contributed by atoms with Crippen molar-refractivity contribution in [3.05, 3.63) is 0 Å². The van der Waals surface area contributed by atoms with Gasteiger partial charge in [0.1, 0.15) is 0 Å². The Balaban J connectivity index is 2.03. The highest BCUT2D eigenvalue weighted by Crippen LogP contribution is 2.46. The van der Waals surface area contributed by atoms with Crippen molar-refractivity contribution in [2.75, 3.05) is 0 Å². The molecule has 2 nitrogen and oxygen atoms in total. The lowest BCUT2D eigenvalue weighted by Crippen LogP contribution is -2.44. The minimum Gasteiger partial charge on any atom is -0.316 e. The first kappa shape index (κ1) is 6.89. The van der Waals surface area contributed by atoms with Gasteiger partial charge in [-0.05, 0) is 18.3 Å². The maximum Gasteiger partial charge on any atom is 0.0551 e. The van der Waals surface area contributed by atoms with E-state index in [-0.39, 0.29) is 6.17 Å². The first-order chi connectivity index (χ1) is 4.70. The molecule has 5 atom stereocenters. The second-order valence-corrected chi connectivity index (χ2v) is 4.04. The minimum atomic E-state index is 0.181. The number of nitrogens with one attached hydrogen (secondary N) is 1. The third-order valence-corrected chi connectivity index (χ3v) is 3.24. The van der Waals surface area contributed by atoms with Crippen molar-refractivity contribution in [3.8, 4) is 0 Å². The van der Waals surface area contributed by atoms with E-state index < -0.39 is 0 Å². The Bertz CT molecular complexity index is 143. The van der Waals surface area contributed by atoms with E-state index in [9.17, 15) is 0 Å². The fourth-order valence-electron chi connectivity index (χ4n) is 2.04. The van der Waals surface area contributed by atoms with Gasteiger partial charge in [0.25, 0.3) is 0 Å². The minimum absolute atomic E-state index is 0.181. The van der Waals surface area contributed by atoms with Crippen LogP contribution in [0.1, 0.15) is 13.3 Å². The lowest BCUT2D eigenvalue weighted by Gasteiger charge is -2.23. The number of nitrogens with two attached hydrogens (primary N) is 1. The highest BCUT2D eigenvalue weighted by Gasteiger charge is 2.54. The summed E-state index contributed by atoms with van der Waals surface area (Å²) in [6, 6.07) is 0.514. The molecule has 10 heavy (non-hydrogen) atoms. The average molecular weight is 161 g/mol. The predicted octanol–water partition coefficient (Wildman–Crippen LogP) is 0.506. The van der Waals surface area contributed by atoms with Crippen LogP contribution in [0.25, 0.3) is 0 Å². The van der Waals surface area contributed by atoms with Crippen molar-refractivity contribution in [3.63, 3.8) is 0 Å². The molecule has 1 heterocycles. The van der Waals surface area contributed by atoms with E-state index in [2.05, 4.69) is 12.2 Å². The molecule has 1 aliphatic heterocycles. The molecular weight excluding hydrogens is 148 g/mol. The Morgan fingerprint density at radius 3 is 2.90 bits per heavy atom. The zero-order valence-corrected chi connectivity index (χ0v) is 6.81. The second-order valence-electron chi connectivity index (χ2n) is 3.53. The van der Waals surface area contributed by atoms with E-state index in [1.165, 1.54) is 0 Å². The maximum absolute atomic E-state index is 6.00. The van der Waals surface area contributed by atoms with Crippen molar-refractivity contribution < 1.29 is 0 Å². The van der Waals surface area contributed by atoms with Crippen LogP contribution >= 0.6 is 11.6 Å². The average Bonchev–Trinajstić information content (AvgIpc) is 2.42. The third kappa shape index (κ3) is 0.865. The standard InChI is InChI=1S/C7H13ClN2/c1-3-2-4(9)10-7-5(3)6(7)8/h3-7,10H,2,9H2,1H3/t3-,4?,5-,6+,7-/m0/s1. The third-order valence-electron chi connectivity index (χ3n) is 2.67. The molecule has 1 saturated carbocycles. The van der Waals surface area contributed by atoms with E-state index in [0.29, 0.717) is 23.3 Å². The van der Waals surface area contributed by atoms with E-state index in [1.54, 1.807) is 0 Å². The lowest BCUT2D eigenvalue weighted by molar-refractivity contribution is 0.313. The van der Waals surface area contributed by atoms with E-state index in [4.69, 9.17) is 17.3 Å². The summed E-state index contributed by atoms with van der Waals surface area (Å²) in [5.74, 6) is 1.41. The van der Waals surface area contributed by atoms with Gasteiger partial charge in [-0.3, -0.25) is 5.32 Å². The zero-order chi connectivity index (χ0) is 7.30. The summed E-state index contributed by atoms with van der Waals surface area (Å²) in [7, 11) is 0. The summed E-state index contributed by atoms with van der Waals surface area (Å²) >= 11 is 6.00. The molecule has 0 amide bonds. The first-order valence-electron chi connectivity index (χ1n) is 3.86. The molecule has 2 fully saturated rings. The normalized spacial score (nSPS) is 59.7. The first-order valence-corrected chi connectivity index (χ1v) is 4.29. The Kier molecular flexibility index (Phi) is 1.44. The Hall–Kier alpha value is 0.210. The van der Waals surface area contributed by atoms with Gasteiger partial charge >= 0.3 is 0 Å². The topological polar surface area (TPSA) is 38.0 Å². The van der Waals surface area contributed by atoms with Crippen molar-refractivity contribution in [2.24, 2.45) is 17.6 Å². The summed E-state index contributed by atoms with van der Waals surface area (Å²) < 4.78 is 0. The molecule has 3 N–H and O–H groups in total. The largest absolute Gasteiger partial charge is 0.316 e. The highest BCUT2D eigenvalue weighted by atomic mass is 35.5. The molecule has 0 aromatic heterocycles. The van der Waals surface area contributed by atoms with Crippen LogP contribution in [0, 0.1) is 11.8 Å². The molecule has 1 unspecified atom stereocenters. The van der Waals surface area contributed by atoms with Gasteiger partial charge < -0.3 is 5.73 Å². The molecule has 1 saturated heterocycles.